The van der Waals surface area contributed by atoms with Gasteiger partial charge in [-0.15, -0.1) is 0 Å². The highest BCUT2D eigenvalue weighted by atomic mass is 79.9. The molecule has 0 amide bonds. The Kier molecular flexibility index (Phi) is 4.29. The largest absolute Gasteiger partial charge is 0.327 e. The van der Waals surface area contributed by atoms with Gasteiger partial charge in [0.2, 0.25) is 0 Å². The van der Waals surface area contributed by atoms with Gasteiger partial charge in [-0.3, -0.25) is 4.98 Å². The quantitative estimate of drug-likeness (QED) is 0.940. The summed E-state index contributed by atoms with van der Waals surface area (Å²) >= 11 is 3.37. The Morgan fingerprint density at radius 2 is 1.82 bits per heavy atom. The van der Waals surface area contributed by atoms with Crippen LogP contribution < -0.4 is 5.73 Å². The monoisotopic (exact) mass is 290 g/mol. The summed E-state index contributed by atoms with van der Waals surface area (Å²) < 4.78 is 0.998. The predicted octanol–water partition coefficient (Wildman–Crippen LogP) is 2.96. The molecule has 2 aromatic rings. The minimum Gasteiger partial charge on any atom is -0.327 e. The van der Waals surface area contributed by atoms with E-state index in [4.69, 9.17) is 5.73 Å². The average Bonchev–Trinajstić information content (AvgIpc) is 2.33. The normalized spacial score (nSPS) is 12.4. The highest BCUT2D eigenvalue weighted by molar-refractivity contribution is 9.10. The van der Waals surface area contributed by atoms with Crippen LogP contribution in [0.4, 0.5) is 0 Å². The molecule has 0 aliphatic carbocycles. The number of pyridine rings is 1. The summed E-state index contributed by atoms with van der Waals surface area (Å²) in [4.78, 5) is 4.33. The molecule has 0 aliphatic rings. The van der Waals surface area contributed by atoms with Gasteiger partial charge in [0.05, 0.1) is 0 Å². The van der Waals surface area contributed by atoms with E-state index in [0.717, 1.165) is 23.0 Å². The third kappa shape index (κ3) is 3.95. The average molecular weight is 291 g/mol. The first-order valence-corrected chi connectivity index (χ1v) is 6.43. The summed E-state index contributed by atoms with van der Waals surface area (Å²) in [5.41, 5.74) is 8.44. The van der Waals surface area contributed by atoms with Crippen molar-refractivity contribution in [1.29, 1.82) is 0 Å². The summed E-state index contributed by atoms with van der Waals surface area (Å²) in [5, 5.41) is 0. The lowest BCUT2D eigenvalue weighted by Gasteiger charge is -2.11. The first kappa shape index (κ1) is 12.3. The number of hydrogen-bond donors (Lipinski definition) is 1. The van der Waals surface area contributed by atoms with Gasteiger partial charge in [0.15, 0.2) is 0 Å². The van der Waals surface area contributed by atoms with Crippen molar-refractivity contribution in [2.75, 3.05) is 0 Å². The van der Waals surface area contributed by atoms with Gasteiger partial charge in [-0.2, -0.15) is 0 Å². The summed E-state index contributed by atoms with van der Waals surface area (Å²) in [6, 6.07) is 14.4. The third-order valence-electron chi connectivity index (χ3n) is 2.60. The molecule has 0 saturated heterocycles. The van der Waals surface area contributed by atoms with Gasteiger partial charge in [-0.1, -0.05) is 30.3 Å². The lowest BCUT2D eigenvalue weighted by molar-refractivity contribution is 0.654. The molecule has 0 aliphatic heterocycles. The van der Waals surface area contributed by atoms with E-state index in [0.29, 0.717) is 0 Å². The van der Waals surface area contributed by atoms with E-state index in [1.807, 2.05) is 36.5 Å². The van der Waals surface area contributed by atoms with Crippen molar-refractivity contribution >= 4 is 15.9 Å². The van der Waals surface area contributed by atoms with Crippen LogP contribution in [0.2, 0.25) is 0 Å². The van der Waals surface area contributed by atoms with Crippen LogP contribution in [0.3, 0.4) is 0 Å². The zero-order valence-electron chi connectivity index (χ0n) is 9.51. The smallest absolute Gasteiger partial charge is 0.0420 e. The molecule has 2 nitrogen and oxygen atoms in total. The van der Waals surface area contributed by atoms with Crippen LogP contribution in [-0.4, -0.2) is 11.0 Å². The Bertz CT molecular complexity index is 453. The van der Waals surface area contributed by atoms with E-state index in [2.05, 4.69) is 33.0 Å². The molecule has 1 aromatic heterocycles. The maximum absolute atomic E-state index is 6.12. The van der Waals surface area contributed by atoms with Gasteiger partial charge in [0.1, 0.15) is 0 Å². The number of nitrogens with zero attached hydrogens (tertiary/aromatic N) is 1. The van der Waals surface area contributed by atoms with E-state index in [-0.39, 0.29) is 6.04 Å². The molecule has 88 valence electrons. The van der Waals surface area contributed by atoms with Gasteiger partial charge < -0.3 is 5.73 Å². The minimum absolute atomic E-state index is 0.117. The van der Waals surface area contributed by atoms with Gasteiger partial charge in [-0.25, -0.2) is 0 Å². The van der Waals surface area contributed by atoms with Crippen LogP contribution in [0, 0.1) is 0 Å². The SMILES string of the molecule is NC(Cc1ccccc1)Cc1ccc(Br)cn1. The first-order valence-electron chi connectivity index (χ1n) is 5.64. The standard InChI is InChI=1S/C14H15BrN2/c15-12-6-7-14(17-10-12)9-13(16)8-11-4-2-1-3-5-11/h1-7,10,13H,8-9,16H2. The second-order valence-corrected chi connectivity index (χ2v) is 5.04. The third-order valence-corrected chi connectivity index (χ3v) is 3.07. The molecule has 0 radical (unpaired) electrons. The predicted molar refractivity (Wildman–Crippen MR) is 73.8 cm³/mol. The molecule has 2 N–H and O–H groups in total. The molecule has 1 aromatic carbocycles. The number of benzene rings is 1. The maximum atomic E-state index is 6.12. The molecule has 3 heteroatoms. The van der Waals surface area contributed by atoms with Crippen molar-refractivity contribution in [2.45, 2.75) is 18.9 Å². The molecule has 17 heavy (non-hydrogen) atoms. The summed E-state index contributed by atoms with van der Waals surface area (Å²) in [6.07, 6.45) is 3.51. The van der Waals surface area contributed by atoms with Crippen LogP contribution in [0.1, 0.15) is 11.3 Å². The number of halogens is 1. The van der Waals surface area contributed by atoms with Crippen LogP contribution in [0.15, 0.2) is 53.1 Å². The fourth-order valence-corrected chi connectivity index (χ4v) is 2.02. The van der Waals surface area contributed by atoms with Crippen LogP contribution >= 0.6 is 15.9 Å². The van der Waals surface area contributed by atoms with E-state index in [9.17, 15) is 0 Å². The lowest BCUT2D eigenvalue weighted by atomic mass is 10.0. The highest BCUT2D eigenvalue weighted by Gasteiger charge is 2.06. The molecule has 1 heterocycles. The van der Waals surface area contributed by atoms with Gasteiger partial charge >= 0.3 is 0 Å². The Hall–Kier alpha value is -1.19. The fraction of sp³-hybridized carbons (Fsp3) is 0.214. The van der Waals surface area contributed by atoms with E-state index >= 15 is 0 Å². The second-order valence-electron chi connectivity index (χ2n) is 4.12. The molecular formula is C14H15BrN2. The van der Waals surface area contributed by atoms with Crippen LogP contribution in [0.5, 0.6) is 0 Å². The summed E-state index contributed by atoms with van der Waals surface area (Å²) in [6.45, 7) is 0. The molecule has 2 rings (SSSR count). The number of nitrogens with two attached hydrogens (primary N) is 1. The molecule has 0 spiro atoms. The highest BCUT2D eigenvalue weighted by Crippen LogP contribution is 2.10. The molecular weight excluding hydrogens is 276 g/mol. The molecule has 1 unspecified atom stereocenters. The summed E-state index contributed by atoms with van der Waals surface area (Å²) in [5.74, 6) is 0. The number of hydrogen-bond acceptors (Lipinski definition) is 2. The zero-order chi connectivity index (χ0) is 12.1. The van der Waals surface area contributed by atoms with E-state index in [1.54, 1.807) is 0 Å². The van der Waals surface area contributed by atoms with Crippen LogP contribution in [-0.2, 0) is 12.8 Å². The Balaban J connectivity index is 1.93. The van der Waals surface area contributed by atoms with Crippen molar-refractivity contribution < 1.29 is 0 Å². The van der Waals surface area contributed by atoms with Gasteiger partial charge in [0, 0.05) is 28.8 Å². The zero-order valence-corrected chi connectivity index (χ0v) is 11.1. The van der Waals surface area contributed by atoms with Crippen molar-refractivity contribution in [3.05, 3.63) is 64.4 Å². The van der Waals surface area contributed by atoms with Crippen molar-refractivity contribution in [1.82, 2.24) is 4.98 Å². The van der Waals surface area contributed by atoms with E-state index < -0.39 is 0 Å². The molecule has 0 fully saturated rings. The van der Waals surface area contributed by atoms with Crippen molar-refractivity contribution in [3.8, 4) is 0 Å². The van der Waals surface area contributed by atoms with Gasteiger partial charge in [-0.05, 0) is 40.0 Å². The Labute approximate surface area is 110 Å². The molecule has 0 bridgehead atoms. The first-order chi connectivity index (χ1) is 8.24. The molecule has 0 saturated carbocycles. The van der Waals surface area contributed by atoms with Gasteiger partial charge in [0.25, 0.3) is 0 Å². The maximum Gasteiger partial charge on any atom is 0.0420 e. The van der Waals surface area contributed by atoms with Crippen molar-refractivity contribution in [2.24, 2.45) is 5.73 Å². The van der Waals surface area contributed by atoms with Crippen molar-refractivity contribution in [3.63, 3.8) is 0 Å². The minimum atomic E-state index is 0.117. The lowest BCUT2D eigenvalue weighted by Crippen LogP contribution is -2.25. The number of aromatic nitrogens is 1. The van der Waals surface area contributed by atoms with E-state index in [1.165, 1.54) is 5.56 Å². The van der Waals surface area contributed by atoms with Crippen LogP contribution in [0.25, 0.3) is 0 Å². The Morgan fingerprint density at radius 3 is 2.47 bits per heavy atom. The number of rotatable bonds is 4. The second kappa shape index (κ2) is 5.94. The fourth-order valence-electron chi connectivity index (χ4n) is 1.78. The summed E-state index contributed by atoms with van der Waals surface area (Å²) in [7, 11) is 0. The topological polar surface area (TPSA) is 38.9 Å². The Morgan fingerprint density at radius 1 is 1.06 bits per heavy atom. The molecule has 1 atom stereocenters.